The highest BCUT2D eigenvalue weighted by atomic mass is 32.1. The Morgan fingerprint density at radius 2 is 1.85 bits per heavy atom. The minimum Gasteiger partial charge on any atom is -0.393 e. The van der Waals surface area contributed by atoms with E-state index in [1.165, 1.54) is 17.7 Å². The van der Waals surface area contributed by atoms with E-state index >= 15 is 0 Å². The minimum atomic E-state index is -0.180. The van der Waals surface area contributed by atoms with Crippen molar-refractivity contribution in [3.05, 3.63) is 27.3 Å². The first kappa shape index (κ1) is 26.5. The first-order valence-electron chi connectivity index (χ1n) is 12.9. The molecule has 2 saturated carbocycles. The summed E-state index contributed by atoms with van der Waals surface area (Å²) in [5.74, 6) is 2.94. The van der Waals surface area contributed by atoms with Gasteiger partial charge >= 0.3 is 0 Å². The van der Waals surface area contributed by atoms with Crippen LogP contribution < -0.4 is 10.6 Å². The summed E-state index contributed by atoms with van der Waals surface area (Å²) < 4.78 is 0. The molecule has 3 N–H and O–H groups in total. The van der Waals surface area contributed by atoms with E-state index in [1.807, 2.05) is 40.0 Å². The van der Waals surface area contributed by atoms with Crippen LogP contribution in [0.1, 0.15) is 80.6 Å². The van der Waals surface area contributed by atoms with Gasteiger partial charge in [-0.1, -0.05) is 6.92 Å². The number of aliphatic hydroxyl groups excluding tert-OH is 1. The molecule has 1 atom stereocenters. The van der Waals surface area contributed by atoms with Gasteiger partial charge in [0, 0.05) is 42.0 Å². The summed E-state index contributed by atoms with van der Waals surface area (Å²) in [6, 6.07) is 2.48. The van der Waals surface area contributed by atoms with Crippen molar-refractivity contribution in [2.75, 3.05) is 23.7 Å². The number of aromatic nitrogens is 3. The first-order chi connectivity index (χ1) is 16.4. The lowest BCUT2D eigenvalue weighted by molar-refractivity contribution is 0.0987. The topological polar surface area (TPSA) is 95.3 Å². The SMILES string of the molecule is CCN=Cc1nc(C)sc1CC.Cc1cc(NC2CCC(C(C)O)CC2)nc(NCC2CC2)n1. The molecule has 4 rings (SSSR count). The number of thiazole rings is 1. The Balaban J connectivity index is 0.000000229. The highest BCUT2D eigenvalue weighted by Gasteiger charge is 2.24. The average molecular weight is 487 g/mol. The molecular weight excluding hydrogens is 444 g/mol. The number of aliphatic imine (C=N–C) groups is 1. The van der Waals surface area contributed by atoms with Gasteiger partial charge in [-0.3, -0.25) is 4.99 Å². The third kappa shape index (κ3) is 8.62. The van der Waals surface area contributed by atoms with Crippen LogP contribution in [-0.4, -0.2) is 51.5 Å². The second kappa shape index (κ2) is 13.1. The Morgan fingerprint density at radius 3 is 2.47 bits per heavy atom. The Morgan fingerprint density at radius 1 is 1.12 bits per heavy atom. The molecule has 0 bridgehead atoms. The van der Waals surface area contributed by atoms with Crippen LogP contribution in [0.5, 0.6) is 0 Å². The van der Waals surface area contributed by atoms with Gasteiger partial charge in [-0.2, -0.15) is 4.98 Å². The van der Waals surface area contributed by atoms with Gasteiger partial charge in [-0.25, -0.2) is 9.97 Å². The van der Waals surface area contributed by atoms with Crippen LogP contribution in [0.25, 0.3) is 0 Å². The number of hydrogen-bond acceptors (Lipinski definition) is 8. The van der Waals surface area contributed by atoms with E-state index in [0.717, 1.165) is 79.3 Å². The largest absolute Gasteiger partial charge is 0.393 e. The fourth-order valence-electron chi connectivity index (χ4n) is 4.25. The van der Waals surface area contributed by atoms with Crippen molar-refractivity contribution in [1.29, 1.82) is 0 Å². The first-order valence-corrected chi connectivity index (χ1v) is 13.7. The number of hydrogen-bond donors (Lipinski definition) is 3. The lowest BCUT2D eigenvalue weighted by Crippen LogP contribution is -2.30. The summed E-state index contributed by atoms with van der Waals surface area (Å²) in [4.78, 5) is 19.0. The maximum atomic E-state index is 9.69. The van der Waals surface area contributed by atoms with Crippen LogP contribution in [0.2, 0.25) is 0 Å². The van der Waals surface area contributed by atoms with E-state index in [1.54, 1.807) is 11.3 Å². The molecule has 2 heterocycles. The van der Waals surface area contributed by atoms with E-state index in [-0.39, 0.29) is 6.10 Å². The summed E-state index contributed by atoms with van der Waals surface area (Å²) in [5.41, 5.74) is 2.05. The van der Waals surface area contributed by atoms with Crippen molar-refractivity contribution in [1.82, 2.24) is 15.0 Å². The number of anilines is 2. The Kier molecular flexibility index (Phi) is 10.3. The zero-order valence-corrected chi connectivity index (χ0v) is 22.3. The van der Waals surface area contributed by atoms with E-state index in [4.69, 9.17) is 0 Å². The predicted octanol–water partition coefficient (Wildman–Crippen LogP) is 5.41. The van der Waals surface area contributed by atoms with Crippen molar-refractivity contribution in [2.45, 2.75) is 91.7 Å². The van der Waals surface area contributed by atoms with Gasteiger partial charge in [0.25, 0.3) is 0 Å². The fraction of sp³-hybridized carbons (Fsp3) is 0.692. The van der Waals surface area contributed by atoms with Crippen molar-refractivity contribution < 1.29 is 5.11 Å². The third-order valence-electron chi connectivity index (χ3n) is 6.46. The average Bonchev–Trinajstić information content (AvgIpc) is 3.57. The number of nitrogens with zero attached hydrogens (tertiary/aromatic N) is 4. The van der Waals surface area contributed by atoms with Gasteiger partial charge in [0.2, 0.25) is 5.95 Å². The zero-order valence-electron chi connectivity index (χ0n) is 21.5. The summed E-state index contributed by atoms with van der Waals surface area (Å²) in [6.07, 6.45) is 9.79. The predicted molar refractivity (Wildman–Crippen MR) is 143 cm³/mol. The Labute approximate surface area is 209 Å². The smallest absolute Gasteiger partial charge is 0.224 e. The molecule has 2 aromatic heterocycles. The summed E-state index contributed by atoms with van der Waals surface area (Å²) in [5, 5.41) is 17.7. The second-order valence-corrected chi connectivity index (χ2v) is 10.8. The maximum absolute atomic E-state index is 9.69. The molecule has 2 aromatic rings. The van der Waals surface area contributed by atoms with Crippen LogP contribution >= 0.6 is 11.3 Å². The van der Waals surface area contributed by atoms with Gasteiger partial charge in [-0.15, -0.1) is 11.3 Å². The van der Waals surface area contributed by atoms with E-state index in [0.29, 0.717) is 12.0 Å². The Hall–Kier alpha value is -2.06. The molecule has 0 saturated heterocycles. The number of aliphatic hydroxyl groups is 1. The highest BCUT2D eigenvalue weighted by Crippen LogP contribution is 2.30. The number of aryl methyl sites for hydroxylation is 3. The summed E-state index contributed by atoms with van der Waals surface area (Å²) in [7, 11) is 0. The molecule has 0 spiro atoms. The van der Waals surface area contributed by atoms with Crippen LogP contribution in [0.4, 0.5) is 11.8 Å². The third-order valence-corrected chi connectivity index (χ3v) is 7.59. The van der Waals surface area contributed by atoms with Crippen LogP contribution in [0.3, 0.4) is 0 Å². The molecule has 7 nitrogen and oxygen atoms in total. The van der Waals surface area contributed by atoms with Gasteiger partial charge in [-0.05, 0) is 84.5 Å². The van der Waals surface area contributed by atoms with E-state index in [2.05, 4.69) is 37.5 Å². The fourth-order valence-corrected chi connectivity index (χ4v) is 5.10. The minimum absolute atomic E-state index is 0.180. The van der Waals surface area contributed by atoms with Crippen molar-refractivity contribution in [3.63, 3.8) is 0 Å². The van der Waals surface area contributed by atoms with Gasteiger partial charge in [0.1, 0.15) is 5.82 Å². The molecule has 0 radical (unpaired) electrons. The van der Waals surface area contributed by atoms with Crippen LogP contribution in [0.15, 0.2) is 11.1 Å². The number of rotatable bonds is 9. The maximum Gasteiger partial charge on any atom is 0.224 e. The Bertz CT molecular complexity index is 916. The molecule has 0 aliphatic heterocycles. The van der Waals surface area contributed by atoms with Crippen LogP contribution in [-0.2, 0) is 6.42 Å². The molecule has 2 aliphatic carbocycles. The zero-order chi connectivity index (χ0) is 24.5. The molecule has 188 valence electrons. The van der Waals surface area contributed by atoms with Gasteiger partial charge in [0.15, 0.2) is 0 Å². The molecule has 2 aliphatic rings. The lowest BCUT2D eigenvalue weighted by atomic mass is 9.83. The molecule has 8 heteroatoms. The number of nitrogens with one attached hydrogen (secondary N) is 2. The van der Waals surface area contributed by atoms with Gasteiger partial charge in [0.05, 0.1) is 16.8 Å². The van der Waals surface area contributed by atoms with Crippen molar-refractivity contribution >= 4 is 29.3 Å². The lowest BCUT2D eigenvalue weighted by Gasteiger charge is -2.31. The van der Waals surface area contributed by atoms with Crippen LogP contribution in [0, 0.1) is 25.7 Å². The quantitative estimate of drug-likeness (QED) is 0.410. The van der Waals surface area contributed by atoms with Gasteiger partial charge < -0.3 is 15.7 Å². The van der Waals surface area contributed by atoms with E-state index in [9.17, 15) is 5.11 Å². The summed E-state index contributed by atoms with van der Waals surface area (Å²) in [6.45, 7) is 12.0. The standard InChI is InChI=1S/C17H28N4O.C9H14N2S/c1-11-9-16(21-17(19-11)18-10-13-3-4-13)20-15-7-5-14(6-8-15)12(2)22;1-4-9-8(6-10-5-2)11-7(3)12-9/h9,12-15,22H,3-8,10H2,1-2H3,(H2,18,19,20,21);6H,4-5H2,1-3H3. The molecule has 0 amide bonds. The highest BCUT2D eigenvalue weighted by molar-refractivity contribution is 7.11. The monoisotopic (exact) mass is 486 g/mol. The van der Waals surface area contributed by atoms with Crippen molar-refractivity contribution in [2.24, 2.45) is 16.8 Å². The molecule has 2 fully saturated rings. The molecule has 34 heavy (non-hydrogen) atoms. The normalized spacial score (nSPS) is 21.1. The van der Waals surface area contributed by atoms with Crippen molar-refractivity contribution in [3.8, 4) is 0 Å². The van der Waals surface area contributed by atoms with E-state index < -0.39 is 0 Å². The summed E-state index contributed by atoms with van der Waals surface area (Å²) >= 11 is 1.76. The second-order valence-electron chi connectivity index (χ2n) is 9.56. The molecule has 0 aromatic carbocycles. The molecular formula is C26H42N6OS. The molecule has 1 unspecified atom stereocenters.